The van der Waals surface area contributed by atoms with E-state index in [1.807, 2.05) is 0 Å². The van der Waals surface area contributed by atoms with Crippen molar-refractivity contribution in [2.24, 2.45) is 5.10 Å². The highest BCUT2D eigenvalue weighted by atomic mass is 19.1. The number of hydrazone groups is 1. The number of halogens is 1. The zero-order valence-corrected chi connectivity index (χ0v) is 25.3. The molecule has 45 heavy (non-hydrogen) atoms. The number of rotatable bonds is 14. The molecule has 1 heterocycles. The van der Waals surface area contributed by atoms with Crippen LogP contribution in [-0.4, -0.2) is 57.0 Å². The highest BCUT2D eigenvalue weighted by Gasteiger charge is 2.32. The van der Waals surface area contributed by atoms with Crippen molar-refractivity contribution in [2.45, 2.75) is 32.7 Å². The molecule has 3 aromatic rings. The van der Waals surface area contributed by atoms with Gasteiger partial charge in [0.2, 0.25) is 0 Å². The molecule has 2 atom stereocenters. The number of esters is 1. The van der Waals surface area contributed by atoms with Gasteiger partial charge in [-0.25, -0.2) is 14.0 Å². The fourth-order valence-corrected chi connectivity index (χ4v) is 4.47. The summed E-state index contributed by atoms with van der Waals surface area (Å²) in [7, 11) is 2.76. The van der Waals surface area contributed by atoms with E-state index in [1.54, 1.807) is 68.4 Å². The van der Waals surface area contributed by atoms with Crippen LogP contribution < -0.4 is 35.0 Å². The van der Waals surface area contributed by atoms with Crippen molar-refractivity contribution in [3.8, 4) is 23.0 Å². The molecule has 2 amide bonds. The van der Waals surface area contributed by atoms with Crippen LogP contribution in [0.5, 0.6) is 23.0 Å². The average molecular weight is 623 g/mol. The third-order valence-electron chi connectivity index (χ3n) is 6.64. The first-order chi connectivity index (χ1) is 21.7. The molecule has 4 rings (SSSR count). The minimum absolute atomic E-state index is 0.0395. The number of nitrogens with one attached hydrogen (secondary N) is 3. The molecular weight excluding hydrogens is 587 g/mol. The molecule has 238 valence electrons. The van der Waals surface area contributed by atoms with Gasteiger partial charge in [0.1, 0.15) is 19.0 Å². The van der Waals surface area contributed by atoms with E-state index in [0.29, 0.717) is 52.0 Å². The van der Waals surface area contributed by atoms with Gasteiger partial charge in [-0.2, -0.15) is 5.10 Å². The minimum Gasteiger partial charge on any atom is -0.493 e. The van der Waals surface area contributed by atoms with E-state index in [9.17, 15) is 19.1 Å². The van der Waals surface area contributed by atoms with E-state index in [0.717, 1.165) is 0 Å². The Labute approximate surface area is 259 Å². The van der Waals surface area contributed by atoms with Gasteiger partial charge >= 0.3 is 12.0 Å². The fourth-order valence-electron chi connectivity index (χ4n) is 4.47. The lowest BCUT2D eigenvalue weighted by molar-refractivity contribution is -0.136. The van der Waals surface area contributed by atoms with Gasteiger partial charge in [-0.3, -0.25) is 5.43 Å². The van der Waals surface area contributed by atoms with E-state index in [4.69, 9.17) is 23.7 Å². The maximum absolute atomic E-state index is 13.9. The maximum atomic E-state index is 13.9. The lowest BCUT2D eigenvalue weighted by atomic mass is 9.95. The van der Waals surface area contributed by atoms with Crippen LogP contribution in [0.4, 0.5) is 9.18 Å². The molecule has 13 heteroatoms. The molecule has 0 unspecified atom stereocenters. The molecule has 0 saturated carbocycles. The molecule has 0 aliphatic carbocycles. The molecule has 0 aromatic heterocycles. The second-order valence-corrected chi connectivity index (χ2v) is 9.71. The monoisotopic (exact) mass is 622 g/mol. The van der Waals surface area contributed by atoms with Crippen LogP contribution in [0.15, 0.2) is 77.0 Å². The van der Waals surface area contributed by atoms with E-state index in [1.165, 1.54) is 26.5 Å². The summed E-state index contributed by atoms with van der Waals surface area (Å²) >= 11 is 0. The van der Waals surface area contributed by atoms with Crippen LogP contribution in [0.2, 0.25) is 0 Å². The van der Waals surface area contributed by atoms with Gasteiger partial charge in [-0.15, -0.1) is 0 Å². The van der Waals surface area contributed by atoms with Gasteiger partial charge in [0, 0.05) is 11.3 Å². The highest BCUT2D eigenvalue weighted by Crippen LogP contribution is 2.35. The molecule has 1 aliphatic rings. The number of allylic oxidation sites excluding steroid dienone is 1. The summed E-state index contributed by atoms with van der Waals surface area (Å²) in [5, 5.41) is 19.8. The highest BCUT2D eigenvalue weighted by molar-refractivity contribution is 5.95. The van der Waals surface area contributed by atoms with Crippen LogP contribution in [0.1, 0.15) is 36.6 Å². The summed E-state index contributed by atoms with van der Waals surface area (Å²) in [4.78, 5) is 24.6. The topological polar surface area (TPSA) is 149 Å². The number of aliphatic hydroxyl groups is 1. The first kappa shape index (κ1) is 32.6. The van der Waals surface area contributed by atoms with Crippen molar-refractivity contribution in [3.05, 3.63) is 94.4 Å². The maximum Gasteiger partial charge on any atom is 0.337 e. The van der Waals surface area contributed by atoms with Crippen molar-refractivity contribution in [3.63, 3.8) is 0 Å². The Balaban J connectivity index is 1.37. The Hall–Kier alpha value is -5.30. The Morgan fingerprint density at radius 2 is 1.80 bits per heavy atom. The molecule has 0 radical (unpaired) electrons. The number of nitrogens with zero attached hydrogens (tertiary/aromatic N) is 1. The molecule has 0 fully saturated rings. The molecule has 1 aliphatic heterocycles. The van der Waals surface area contributed by atoms with Crippen LogP contribution in [0, 0.1) is 5.82 Å². The second kappa shape index (κ2) is 15.4. The predicted molar refractivity (Wildman–Crippen MR) is 163 cm³/mol. The smallest absolute Gasteiger partial charge is 0.337 e. The first-order valence-electron chi connectivity index (χ1n) is 14.0. The number of hydrogen-bond donors (Lipinski definition) is 4. The molecule has 0 spiro atoms. The number of hydrogen-bond acceptors (Lipinski definition) is 10. The molecule has 4 N–H and O–H groups in total. The number of urea groups is 1. The van der Waals surface area contributed by atoms with Crippen molar-refractivity contribution in [1.29, 1.82) is 0 Å². The van der Waals surface area contributed by atoms with Crippen LogP contribution in [0.25, 0.3) is 0 Å². The summed E-state index contributed by atoms with van der Waals surface area (Å²) < 4.78 is 41.5. The normalized spacial score (nSPS) is 15.2. The molecule has 0 bridgehead atoms. The van der Waals surface area contributed by atoms with Crippen LogP contribution in [0.3, 0.4) is 0 Å². The van der Waals surface area contributed by atoms with E-state index in [2.05, 4.69) is 21.2 Å². The zero-order chi connectivity index (χ0) is 32.3. The van der Waals surface area contributed by atoms with Crippen molar-refractivity contribution in [1.82, 2.24) is 16.1 Å². The fraction of sp³-hybridized carbons (Fsp3) is 0.281. The number of ether oxygens (including phenoxy) is 5. The number of amides is 2. The second-order valence-electron chi connectivity index (χ2n) is 9.71. The molecule has 12 nitrogen and oxygen atoms in total. The van der Waals surface area contributed by atoms with Gasteiger partial charge < -0.3 is 39.4 Å². The lowest BCUT2D eigenvalue weighted by Gasteiger charge is -2.28. The van der Waals surface area contributed by atoms with E-state index < -0.39 is 24.3 Å². The van der Waals surface area contributed by atoms with Gasteiger partial charge in [0.25, 0.3) is 0 Å². The summed E-state index contributed by atoms with van der Waals surface area (Å²) in [6.45, 7) is 3.59. The third kappa shape index (κ3) is 8.42. The SMILES string of the molecule is CCOc1cc([C@@H]2NC(=O)NC(C)=C2C(=O)OC)ccc1OC[C@H](O)N/N=C\c1ccc(OCc2ccccc2F)c(OC)c1. The molecule has 3 aromatic carbocycles. The minimum atomic E-state index is -1.18. The van der Waals surface area contributed by atoms with Gasteiger partial charge in [-0.05, 0) is 61.4 Å². The number of benzene rings is 3. The number of aliphatic hydroxyl groups excluding tert-OH is 1. The standard InChI is InChI=1S/C32H35FN4O8/c1-5-43-27-15-21(30-29(31(39)42-4)19(2)35-32(40)36-30)11-13-25(27)45-18-28(38)37-34-16-20-10-12-24(26(14-20)41-3)44-17-22-8-6-7-9-23(22)33/h6-16,28,30,37-38H,5,17-18H2,1-4H3,(H2,35,36,40)/b34-16-/t28-,30-/m0/s1. The Morgan fingerprint density at radius 3 is 2.53 bits per heavy atom. The Kier molecular flexibility index (Phi) is 11.2. The number of carbonyl (C=O) groups excluding carboxylic acids is 2. The summed E-state index contributed by atoms with van der Waals surface area (Å²) in [5.74, 6) is 0.617. The lowest BCUT2D eigenvalue weighted by Crippen LogP contribution is -2.45. The summed E-state index contributed by atoms with van der Waals surface area (Å²) in [6.07, 6.45) is 0.301. The predicted octanol–water partition coefficient (Wildman–Crippen LogP) is 3.93. The first-order valence-corrected chi connectivity index (χ1v) is 14.0. The van der Waals surface area contributed by atoms with E-state index in [-0.39, 0.29) is 24.6 Å². The quantitative estimate of drug-likeness (QED) is 0.0908. The van der Waals surface area contributed by atoms with Crippen molar-refractivity contribution >= 4 is 18.2 Å². The zero-order valence-electron chi connectivity index (χ0n) is 25.3. The van der Waals surface area contributed by atoms with Crippen LogP contribution in [-0.2, 0) is 16.1 Å². The largest absolute Gasteiger partial charge is 0.493 e. The molecular formula is C32H35FN4O8. The van der Waals surface area contributed by atoms with E-state index >= 15 is 0 Å². The van der Waals surface area contributed by atoms with Crippen LogP contribution >= 0.6 is 0 Å². The van der Waals surface area contributed by atoms with Crippen molar-refractivity contribution < 1.29 is 42.8 Å². The summed E-state index contributed by atoms with van der Waals surface area (Å²) in [5.41, 5.74) is 4.87. The van der Waals surface area contributed by atoms with Gasteiger partial charge in [-0.1, -0.05) is 24.3 Å². The Morgan fingerprint density at radius 1 is 1.04 bits per heavy atom. The summed E-state index contributed by atoms with van der Waals surface area (Å²) in [6, 6.07) is 15.2. The van der Waals surface area contributed by atoms with Gasteiger partial charge in [0.15, 0.2) is 29.2 Å². The number of carbonyl (C=O) groups is 2. The van der Waals surface area contributed by atoms with Crippen molar-refractivity contribution in [2.75, 3.05) is 27.4 Å². The third-order valence-corrected chi connectivity index (χ3v) is 6.64. The molecule has 0 saturated heterocycles. The van der Waals surface area contributed by atoms with Gasteiger partial charge in [0.05, 0.1) is 38.7 Å². The Bertz CT molecular complexity index is 1580. The average Bonchev–Trinajstić information content (AvgIpc) is 3.03. The number of methoxy groups -OCH3 is 2.